The van der Waals surface area contributed by atoms with E-state index in [9.17, 15) is 4.79 Å². The number of amides is 1. The third-order valence-electron chi connectivity index (χ3n) is 2.57. The fraction of sp³-hybridized carbons (Fsp3) is 0.308. The Morgan fingerprint density at radius 3 is 2.83 bits per heavy atom. The lowest BCUT2D eigenvalue weighted by molar-refractivity contribution is 0.0843. The third-order valence-corrected chi connectivity index (χ3v) is 2.86. The van der Waals surface area contributed by atoms with Crippen LogP contribution in [0.15, 0.2) is 28.7 Å². The molecule has 0 bridgehead atoms. The van der Waals surface area contributed by atoms with E-state index in [1.54, 1.807) is 32.0 Å². The average Bonchev–Trinajstić information content (AvgIpc) is 2.74. The zero-order chi connectivity index (χ0) is 13.3. The van der Waals surface area contributed by atoms with Gasteiger partial charge in [0.05, 0.1) is 17.2 Å². The number of fused-ring (bicyclic) bond motifs is 1. The number of rotatable bonds is 3. The Bertz CT molecular complexity index is 589. The van der Waals surface area contributed by atoms with Crippen molar-refractivity contribution >= 4 is 28.5 Å². The first-order valence-corrected chi connectivity index (χ1v) is 5.92. The van der Waals surface area contributed by atoms with Crippen LogP contribution < -0.4 is 5.32 Å². The van der Waals surface area contributed by atoms with Gasteiger partial charge in [0.15, 0.2) is 11.3 Å². The summed E-state index contributed by atoms with van der Waals surface area (Å²) >= 11 is 5.97. The van der Waals surface area contributed by atoms with E-state index in [-0.39, 0.29) is 18.3 Å². The molecule has 1 heterocycles. The van der Waals surface area contributed by atoms with Crippen LogP contribution in [0, 0.1) is 0 Å². The molecule has 0 saturated heterocycles. The fourth-order valence-electron chi connectivity index (χ4n) is 1.55. The number of nitrogens with one attached hydrogen (secondary N) is 1. The van der Waals surface area contributed by atoms with Crippen molar-refractivity contribution in [1.82, 2.24) is 5.32 Å². The van der Waals surface area contributed by atoms with Crippen molar-refractivity contribution in [3.8, 4) is 0 Å². The summed E-state index contributed by atoms with van der Waals surface area (Å²) in [5, 5.41) is 13.0. The van der Waals surface area contributed by atoms with Crippen LogP contribution in [-0.2, 0) is 0 Å². The highest BCUT2D eigenvalue weighted by molar-refractivity contribution is 6.34. The number of aliphatic hydroxyl groups is 1. The van der Waals surface area contributed by atoms with E-state index in [1.807, 2.05) is 6.07 Å². The molecule has 1 aromatic heterocycles. The van der Waals surface area contributed by atoms with Crippen molar-refractivity contribution in [2.24, 2.45) is 0 Å². The molecule has 2 rings (SSSR count). The molecule has 96 valence electrons. The molecule has 0 saturated carbocycles. The minimum absolute atomic E-state index is 0.153. The minimum Gasteiger partial charge on any atom is -0.449 e. The van der Waals surface area contributed by atoms with Gasteiger partial charge in [-0.2, -0.15) is 0 Å². The summed E-state index contributed by atoms with van der Waals surface area (Å²) < 4.78 is 5.43. The summed E-state index contributed by atoms with van der Waals surface area (Å²) in [7, 11) is 0. The molecule has 2 aromatic rings. The largest absolute Gasteiger partial charge is 0.449 e. The topological polar surface area (TPSA) is 62.5 Å². The van der Waals surface area contributed by atoms with Gasteiger partial charge in [-0.25, -0.2) is 0 Å². The lowest BCUT2D eigenvalue weighted by Crippen LogP contribution is -2.46. The van der Waals surface area contributed by atoms with Crippen molar-refractivity contribution in [3.05, 3.63) is 35.0 Å². The van der Waals surface area contributed by atoms with E-state index >= 15 is 0 Å². The maximum Gasteiger partial charge on any atom is 0.287 e. The molecule has 1 aromatic carbocycles. The number of benzene rings is 1. The van der Waals surface area contributed by atoms with Gasteiger partial charge < -0.3 is 14.8 Å². The van der Waals surface area contributed by atoms with Crippen LogP contribution in [0.2, 0.25) is 5.02 Å². The smallest absolute Gasteiger partial charge is 0.287 e. The number of hydrogen-bond donors (Lipinski definition) is 2. The SMILES string of the molecule is CC(C)(CO)NC(=O)c1cc2cccc(Cl)c2o1. The number of halogens is 1. The second kappa shape index (κ2) is 4.63. The molecule has 0 atom stereocenters. The van der Waals surface area contributed by atoms with Crippen LogP contribution in [0.1, 0.15) is 24.4 Å². The Kier molecular flexibility index (Phi) is 3.32. The number of carbonyl (C=O) groups is 1. The number of carbonyl (C=O) groups excluding carboxylic acids is 1. The third kappa shape index (κ3) is 2.49. The lowest BCUT2D eigenvalue weighted by Gasteiger charge is -2.22. The highest BCUT2D eigenvalue weighted by atomic mass is 35.5. The molecular formula is C13H14ClNO3. The normalized spacial score (nSPS) is 11.8. The number of hydrogen-bond acceptors (Lipinski definition) is 3. The number of aliphatic hydroxyl groups excluding tert-OH is 1. The highest BCUT2D eigenvalue weighted by Crippen LogP contribution is 2.26. The van der Waals surface area contributed by atoms with Crippen LogP contribution in [0.5, 0.6) is 0 Å². The van der Waals surface area contributed by atoms with E-state index in [2.05, 4.69) is 5.32 Å². The fourth-order valence-corrected chi connectivity index (χ4v) is 1.77. The van der Waals surface area contributed by atoms with E-state index in [0.29, 0.717) is 10.6 Å². The Morgan fingerprint density at radius 1 is 1.50 bits per heavy atom. The van der Waals surface area contributed by atoms with Crippen molar-refractivity contribution < 1.29 is 14.3 Å². The summed E-state index contributed by atoms with van der Waals surface area (Å²) in [5.74, 6) is -0.194. The molecule has 0 aliphatic heterocycles. The molecule has 0 fully saturated rings. The maximum atomic E-state index is 11.9. The molecule has 1 amide bonds. The summed E-state index contributed by atoms with van der Waals surface area (Å²) in [6.07, 6.45) is 0. The van der Waals surface area contributed by atoms with Gasteiger partial charge in [-0.05, 0) is 26.0 Å². The van der Waals surface area contributed by atoms with E-state index in [0.717, 1.165) is 5.39 Å². The maximum absolute atomic E-state index is 11.9. The molecule has 2 N–H and O–H groups in total. The van der Waals surface area contributed by atoms with Crippen molar-refractivity contribution in [2.75, 3.05) is 6.61 Å². The van der Waals surface area contributed by atoms with Crippen LogP contribution in [-0.4, -0.2) is 23.2 Å². The first-order valence-electron chi connectivity index (χ1n) is 5.54. The van der Waals surface area contributed by atoms with Gasteiger partial charge in [0, 0.05) is 5.39 Å². The van der Waals surface area contributed by atoms with Gasteiger partial charge in [-0.1, -0.05) is 23.7 Å². The minimum atomic E-state index is -0.695. The molecule has 18 heavy (non-hydrogen) atoms. The molecule has 0 aliphatic carbocycles. The van der Waals surface area contributed by atoms with Gasteiger partial charge in [-0.3, -0.25) is 4.79 Å². The predicted molar refractivity (Wildman–Crippen MR) is 69.9 cm³/mol. The zero-order valence-corrected chi connectivity index (χ0v) is 10.9. The van der Waals surface area contributed by atoms with Crippen LogP contribution in [0.25, 0.3) is 11.0 Å². The van der Waals surface area contributed by atoms with Crippen molar-refractivity contribution in [3.63, 3.8) is 0 Å². The van der Waals surface area contributed by atoms with Crippen LogP contribution in [0.4, 0.5) is 0 Å². The monoisotopic (exact) mass is 267 g/mol. The Labute approximate surface area is 110 Å². The molecule has 0 unspecified atom stereocenters. The van der Waals surface area contributed by atoms with E-state index in [1.165, 1.54) is 0 Å². The second-order valence-electron chi connectivity index (χ2n) is 4.76. The van der Waals surface area contributed by atoms with Gasteiger partial charge in [-0.15, -0.1) is 0 Å². The van der Waals surface area contributed by atoms with Crippen LogP contribution in [0.3, 0.4) is 0 Å². The quantitative estimate of drug-likeness (QED) is 0.898. The van der Waals surface area contributed by atoms with Gasteiger partial charge >= 0.3 is 0 Å². The van der Waals surface area contributed by atoms with Gasteiger partial charge in [0.2, 0.25) is 0 Å². The highest BCUT2D eigenvalue weighted by Gasteiger charge is 2.22. The molecule has 5 heteroatoms. The summed E-state index contributed by atoms with van der Waals surface area (Å²) in [4.78, 5) is 11.9. The molecule has 0 radical (unpaired) electrons. The summed E-state index contributed by atoms with van der Waals surface area (Å²) in [5.41, 5.74) is -0.203. The van der Waals surface area contributed by atoms with Gasteiger partial charge in [0.25, 0.3) is 5.91 Å². The average molecular weight is 268 g/mol. The number of furan rings is 1. The predicted octanol–water partition coefficient (Wildman–Crippen LogP) is 2.59. The Morgan fingerprint density at radius 2 is 2.22 bits per heavy atom. The van der Waals surface area contributed by atoms with Crippen LogP contribution >= 0.6 is 11.6 Å². The van der Waals surface area contributed by atoms with Crippen molar-refractivity contribution in [2.45, 2.75) is 19.4 Å². The van der Waals surface area contributed by atoms with E-state index < -0.39 is 5.54 Å². The first-order chi connectivity index (χ1) is 8.43. The van der Waals surface area contributed by atoms with Gasteiger partial charge in [0.1, 0.15) is 0 Å². The molecule has 0 spiro atoms. The van der Waals surface area contributed by atoms with Crippen molar-refractivity contribution in [1.29, 1.82) is 0 Å². The molecule has 4 nitrogen and oxygen atoms in total. The first kappa shape index (κ1) is 12.9. The summed E-state index contributed by atoms with van der Waals surface area (Å²) in [6.45, 7) is 3.29. The Balaban J connectivity index is 2.32. The standard InChI is InChI=1S/C13H14ClNO3/c1-13(2,7-16)15-12(17)10-6-8-4-3-5-9(14)11(8)18-10/h3-6,16H,7H2,1-2H3,(H,15,17). The molecular weight excluding hydrogens is 254 g/mol. The molecule has 0 aliphatic rings. The van der Waals surface area contributed by atoms with E-state index in [4.69, 9.17) is 21.1 Å². The zero-order valence-electron chi connectivity index (χ0n) is 10.2. The lowest BCUT2D eigenvalue weighted by atomic mass is 10.1. The Hall–Kier alpha value is -1.52. The number of para-hydroxylation sites is 1. The second-order valence-corrected chi connectivity index (χ2v) is 5.17. The summed E-state index contributed by atoms with van der Waals surface area (Å²) in [6, 6.07) is 6.94.